The van der Waals surface area contributed by atoms with Gasteiger partial charge in [0, 0.05) is 30.7 Å². The summed E-state index contributed by atoms with van der Waals surface area (Å²) in [5, 5.41) is 15.3. The molecule has 0 bridgehead atoms. The molecule has 0 radical (unpaired) electrons. The maximum absolute atomic E-state index is 8.82. The van der Waals surface area contributed by atoms with Gasteiger partial charge in [-0.2, -0.15) is 5.26 Å². The molecule has 6 heteroatoms. The Balaban J connectivity index is 1.98. The monoisotopic (exact) mass is 264 g/mol. The Morgan fingerprint density at radius 2 is 2.29 bits per heavy atom. The van der Waals surface area contributed by atoms with Crippen LogP contribution in [0.3, 0.4) is 0 Å². The van der Waals surface area contributed by atoms with E-state index in [1.807, 2.05) is 11.4 Å². The summed E-state index contributed by atoms with van der Waals surface area (Å²) in [4.78, 5) is 8.27. The molecule has 2 rings (SSSR count). The molecular formula is C11H9ClN4S. The predicted molar refractivity (Wildman–Crippen MR) is 68.3 cm³/mol. The van der Waals surface area contributed by atoms with E-state index in [1.165, 1.54) is 0 Å². The van der Waals surface area contributed by atoms with Crippen LogP contribution in [0.4, 0.5) is 5.82 Å². The van der Waals surface area contributed by atoms with E-state index in [0.717, 1.165) is 11.4 Å². The normalized spacial score (nSPS) is 9.88. The van der Waals surface area contributed by atoms with Gasteiger partial charge in [0.05, 0.1) is 10.6 Å². The Morgan fingerprint density at radius 1 is 1.41 bits per heavy atom. The van der Waals surface area contributed by atoms with Crippen molar-refractivity contribution >= 4 is 28.8 Å². The highest BCUT2D eigenvalue weighted by Crippen LogP contribution is 2.22. The maximum atomic E-state index is 8.82. The van der Waals surface area contributed by atoms with Crippen molar-refractivity contribution in [3.63, 3.8) is 0 Å². The van der Waals surface area contributed by atoms with Crippen LogP contribution in [-0.2, 0) is 6.42 Å². The van der Waals surface area contributed by atoms with Crippen molar-refractivity contribution < 1.29 is 0 Å². The fraction of sp³-hybridized carbons (Fsp3) is 0.182. The maximum Gasteiger partial charge on any atom is 0.146 e. The molecule has 2 aromatic heterocycles. The summed E-state index contributed by atoms with van der Waals surface area (Å²) in [6, 6.07) is 3.61. The average Bonchev–Trinajstić information content (AvgIpc) is 2.84. The molecule has 0 unspecified atom stereocenters. The molecule has 0 fully saturated rings. The van der Waals surface area contributed by atoms with Gasteiger partial charge in [0.1, 0.15) is 16.9 Å². The minimum absolute atomic E-state index is 0.370. The van der Waals surface area contributed by atoms with Crippen molar-refractivity contribution in [3.05, 3.63) is 39.4 Å². The number of rotatable bonds is 4. The molecule has 2 aromatic rings. The number of thiazole rings is 1. The Kier molecular flexibility index (Phi) is 3.91. The van der Waals surface area contributed by atoms with Gasteiger partial charge in [-0.1, -0.05) is 11.6 Å². The zero-order chi connectivity index (χ0) is 12.1. The lowest BCUT2D eigenvalue weighted by Gasteiger charge is -2.06. The molecule has 17 heavy (non-hydrogen) atoms. The Bertz CT molecular complexity index is 533. The van der Waals surface area contributed by atoms with E-state index in [0.29, 0.717) is 22.9 Å². The van der Waals surface area contributed by atoms with Gasteiger partial charge in [0.2, 0.25) is 0 Å². The van der Waals surface area contributed by atoms with Crippen molar-refractivity contribution in [2.45, 2.75) is 6.42 Å². The van der Waals surface area contributed by atoms with Gasteiger partial charge in [-0.3, -0.25) is 0 Å². The van der Waals surface area contributed by atoms with E-state index >= 15 is 0 Å². The highest BCUT2D eigenvalue weighted by atomic mass is 35.5. The van der Waals surface area contributed by atoms with Crippen LogP contribution >= 0.6 is 22.9 Å². The smallest absolute Gasteiger partial charge is 0.146 e. The number of anilines is 1. The molecule has 0 amide bonds. The third kappa shape index (κ3) is 2.93. The van der Waals surface area contributed by atoms with Gasteiger partial charge in [0.15, 0.2) is 0 Å². The number of halogens is 1. The quantitative estimate of drug-likeness (QED) is 0.922. The number of nitrogens with one attached hydrogen (secondary N) is 1. The topological polar surface area (TPSA) is 61.6 Å². The lowest BCUT2D eigenvalue weighted by Crippen LogP contribution is -2.07. The molecular weight excluding hydrogens is 256 g/mol. The zero-order valence-corrected chi connectivity index (χ0v) is 10.4. The van der Waals surface area contributed by atoms with Gasteiger partial charge >= 0.3 is 0 Å². The summed E-state index contributed by atoms with van der Waals surface area (Å²) in [6.07, 6.45) is 4.16. The van der Waals surface area contributed by atoms with Crippen LogP contribution in [0.2, 0.25) is 5.02 Å². The van der Waals surface area contributed by atoms with E-state index in [2.05, 4.69) is 15.3 Å². The summed E-state index contributed by atoms with van der Waals surface area (Å²) < 4.78 is 0. The zero-order valence-electron chi connectivity index (χ0n) is 8.85. The Labute approximate surface area is 108 Å². The van der Waals surface area contributed by atoms with Crippen LogP contribution in [0.5, 0.6) is 0 Å². The summed E-state index contributed by atoms with van der Waals surface area (Å²) in [5.41, 5.74) is 0.429. The number of hydrogen-bond donors (Lipinski definition) is 1. The minimum atomic E-state index is 0.370. The molecule has 0 atom stereocenters. The standard InChI is InChI=1S/C11H9ClN4S/c12-10-8(7-13)1-3-15-11(10)16-4-2-9-14-5-6-17-9/h1,3,5-6H,2,4H2,(H,15,16). The first kappa shape index (κ1) is 11.8. The van der Waals surface area contributed by atoms with Crippen LogP contribution in [-0.4, -0.2) is 16.5 Å². The van der Waals surface area contributed by atoms with Crippen molar-refractivity contribution in [1.29, 1.82) is 5.26 Å². The average molecular weight is 265 g/mol. The summed E-state index contributed by atoms with van der Waals surface area (Å²) in [5.74, 6) is 0.544. The first-order valence-corrected chi connectivity index (χ1v) is 6.24. The van der Waals surface area contributed by atoms with Gasteiger partial charge in [-0.15, -0.1) is 11.3 Å². The fourth-order valence-electron chi connectivity index (χ4n) is 1.32. The van der Waals surface area contributed by atoms with Crippen LogP contribution in [0.1, 0.15) is 10.6 Å². The fourth-order valence-corrected chi connectivity index (χ4v) is 2.16. The van der Waals surface area contributed by atoms with Crippen LogP contribution in [0, 0.1) is 11.3 Å². The summed E-state index contributed by atoms with van der Waals surface area (Å²) in [6.45, 7) is 0.690. The van der Waals surface area contributed by atoms with E-state index < -0.39 is 0 Å². The van der Waals surface area contributed by atoms with E-state index in [-0.39, 0.29) is 0 Å². The molecule has 2 heterocycles. The molecule has 0 saturated heterocycles. The number of aromatic nitrogens is 2. The summed E-state index contributed by atoms with van der Waals surface area (Å²) >= 11 is 7.62. The molecule has 1 N–H and O–H groups in total. The molecule has 0 spiro atoms. The third-order valence-electron chi connectivity index (χ3n) is 2.12. The van der Waals surface area contributed by atoms with Gasteiger partial charge in [0.25, 0.3) is 0 Å². The number of pyridine rings is 1. The second-order valence-electron chi connectivity index (χ2n) is 3.24. The van der Waals surface area contributed by atoms with Crippen molar-refractivity contribution in [3.8, 4) is 6.07 Å². The molecule has 4 nitrogen and oxygen atoms in total. The van der Waals surface area contributed by atoms with Gasteiger partial charge < -0.3 is 5.32 Å². The molecule has 0 aliphatic carbocycles. The minimum Gasteiger partial charge on any atom is -0.368 e. The SMILES string of the molecule is N#Cc1ccnc(NCCc2nccs2)c1Cl. The number of nitrogens with zero attached hydrogens (tertiary/aromatic N) is 3. The van der Waals surface area contributed by atoms with E-state index in [1.54, 1.807) is 29.8 Å². The van der Waals surface area contributed by atoms with E-state index in [4.69, 9.17) is 16.9 Å². The highest BCUT2D eigenvalue weighted by molar-refractivity contribution is 7.09. The second kappa shape index (κ2) is 5.62. The second-order valence-corrected chi connectivity index (χ2v) is 4.59. The van der Waals surface area contributed by atoms with Crippen LogP contribution in [0.25, 0.3) is 0 Å². The van der Waals surface area contributed by atoms with E-state index in [9.17, 15) is 0 Å². The predicted octanol–water partition coefficient (Wildman–Crippen LogP) is 2.72. The Morgan fingerprint density at radius 3 is 3.00 bits per heavy atom. The first-order chi connectivity index (χ1) is 8.31. The van der Waals surface area contributed by atoms with Crippen molar-refractivity contribution in [2.75, 3.05) is 11.9 Å². The molecule has 0 saturated carbocycles. The molecule has 0 aliphatic heterocycles. The van der Waals surface area contributed by atoms with Crippen LogP contribution in [0.15, 0.2) is 23.8 Å². The molecule has 0 aromatic carbocycles. The Hall–Kier alpha value is -1.64. The largest absolute Gasteiger partial charge is 0.368 e. The van der Waals surface area contributed by atoms with Crippen molar-refractivity contribution in [1.82, 2.24) is 9.97 Å². The summed E-state index contributed by atoms with van der Waals surface area (Å²) in [7, 11) is 0. The number of hydrogen-bond acceptors (Lipinski definition) is 5. The third-order valence-corrected chi connectivity index (χ3v) is 3.35. The highest BCUT2D eigenvalue weighted by Gasteiger charge is 2.06. The van der Waals surface area contributed by atoms with Crippen molar-refractivity contribution in [2.24, 2.45) is 0 Å². The number of nitriles is 1. The first-order valence-electron chi connectivity index (χ1n) is 4.98. The van der Waals surface area contributed by atoms with Gasteiger partial charge in [-0.05, 0) is 6.07 Å². The van der Waals surface area contributed by atoms with Crippen LogP contribution < -0.4 is 5.32 Å². The molecule has 0 aliphatic rings. The lowest BCUT2D eigenvalue weighted by atomic mass is 10.3. The lowest BCUT2D eigenvalue weighted by molar-refractivity contribution is 0.987. The molecule has 86 valence electrons. The van der Waals surface area contributed by atoms with Gasteiger partial charge in [-0.25, -0.2) is 9.97 Å².